The van der Waals surface area contributed by atoms with E-state index in [9.17, 15) is 9.59 Å². The van der Waals surface area contributed by atoms with E-state index in [4.69, 9.17) is 4.42 Å². The van der Waals surface area contributed by atoms with Crippen molar-refractivity contribution in [2.75, 3.05) is 42.3 Å². The van der Waals surface area contributed by atoms with Gasteiger partial charge in [0.05, 0.1) is 11.7 Å². The Morgan fingerprint density at radius 1 is 1.21 bits per heavy atom. The van der Waals surface area contributed by atoms with Crippen LogP contribution in [-0.2, 0) is 11.3 Å². The Morgan fingerprint density at radius 3 is 2.72 bits per heavy atom. The van der Waals surface area contributed by atoms with Gasteiger partial charge in [-0.2, -0.15) is 4.98 Å². The van der Waals surface area contributed by atoms with Gasteiger partial charge >= 0.3 is 5.76 Å². The number of para-hydroxylation sites is 2. The Hall–Kier alpha value is -3.36. The van der Waals surface area contributed by atoms with Gasteiger partial charge in [-0.25, -0.2) is 9.78 Å². The van der Waals surface area contributed by atoms with E-state index >= 15 is 0 Å². The van der Waals surface area contributed by atoms with E-state index in [-0.39, 0.29) is 12.5 Å². The van der Waals surface area contributed by atoms with Gasteiger partial charge in [0.2, 0.25) is 11.9 Å². The van der Waals surface area contributed by atoms with Gasteiger partial charge in [-0.05, 0) is 31.4 Å². The Balaban J connectivity index is 1.55. The van der Waals surface area contributed by atoms with Gasteiger partial charge in [-0.3, -0.25) is 9.36 Å². The van der Waals surface area contributed by atoms with Gasteiger partial charge in [0.1, 0.15) is 12.2 Å². The van der Waals surface area contributed by atoms with Crippen molar-refractivity contribution in [1.82, 2.24) is 14.5 Å². The molecule has 1 aromatic carbocycles. The summed E-state index contributed by atoms with van der Waals surface area (Å²) in [5.41, 5.74) is 1.53. The van der Waals surface area contributed by atoms with E-state index in [1.165, 1.54) is 11.0 Å². The number of hydrogen-bond acceptors (Lipinski definition) is 7. The molecule has 9 nitrogen and oxygen atoms in total. The molecule has 3 heterocycles. The third-order valence-corrected chi connectivity index (χ3v) is 4.97. The van der Waals surface area contributed by atoms with Crippen LogP contribution in [0.3, 0.4) is 0 Å². The number of hydrogen-bond donors (Lipinski definition) is 1. The van der Waals surface area contributed by atoms with Crippen LogP contribution in [0, 0.1) is 0 Å². The van der Waals surface area contributed by atoms with Crippen LogP contribution in [0.25, 0.3) is 11.1 Å². The van der Waals surface area contributed by atoms with E-state index in [1.807, 2.05) is 19.0 Å². The molecule has 0 bridgehead atoms. The summed E-state index contributed by atoms with van der Waals surface area (Å²) >= 11 is 0. The molecular weight excluding hydrogens is 372 g/mol. The molecule has 29 heavy (non-hydrogen) atoms. The number of amides is 1. The number of oxazole rings is 1. The second kappa shape index (κ2) is 7.94. The number of aromatic nitrogens is 3. The topological polar surface area (TPSA) is 96.5 Å². The number of anilines is 3. The molecule has 9 heteroatoms. The molecule has 3 aromatic rings. The van der Waals surface area contributed by atoms with Crippen molar-refractivity contribution in [3.05, 3.63) is 41.0 Å². The van der Waals surface area contributed by atoms with Crippen molar-refractivity contribution in [2.45, 2.75) is 25.8 Å². The van der Waals surface area contributed by atoms with E-state index in [2.05, 4.69) is 20.2 Å². The van der Waals surface area contributed by atoms with Gasteiger partial charge in [0, 0.05) is 27.2 Å². The van der Waals surface area contributed by atoms with Crippen LogP contribution >= 0.6 is 0 Å². The zero-order valence-electron chi connectivity index (χ0n) is 16.6. The van der Waals surface area contributed by atoms with Crippen molar-refractivity contribution in [3.8, 4) is 0 Å². The number of carbonyl (C=O) groups is 1. The average molecular weight is 396 g/mol. The van der Waals surface area contributed by atoms with Crippen molar-refractivity contribution in [2.24, 2.45) is 0 Å². The van der Waals surface area contributed by atoms with Gasteiger partial charge < -0.3 is 19.5 Å². The lowest BCUT2D eigenvalue weighted by molar-refractivity contribution is -0.116. The fourth-order valence-corrected chi connectivity index (χ4v) is 3.54. The van der Waals surface area contributed by atoms with E-state index in [0.29, 0.717) is 28.6 Å². The molecule has 1 fully saturated rings. The number of nitrogens with one attached hydrogen (secondary N) is 1. The molecule has 0 radical (unpaired) electrons. The van der Waals surface area contributed by atoms with Crippen LogP contribution in [0.5, 0.6) is 0 Å². The molecule has 1 N–H and O–H groups in total. The van der Waals surface area contributed by atoms with Crippen molar-refractivity contribution in [1.29, 1.82) is 0 Å². The molecule has 1 aliphatic heterocycles. The summed E-state index contributed by atoms with van der Waals surface area (Å²) in [6.07, 6.45) is 5.12. The molecule has 152 valence electrons. The maximum absolute atomic E-state index is 12.6. The molecule has 1 saturated heterocycles. The maximum Gasteiger partial charge on any atom is 0.420 e. The van der Waals surface area contributed by atoms with E-state index < -0.39 is 5.76 Å². The summed E-state index contributed by atoms with van der Waals surface area (Å²) in [5, 5.41) is 2.83. The predicted molar refractivity (Wildman–Crippen MR) is 112 cm³/mol. The lowest BCUT2D eigenvalue weighted by Crippen LogP contribution is -2.32. The number of rotatable bonds is 5. The molecule has 1 amide bonds. The first-order valence-corrected chi connectivity index (χ1v) is 9.70. The fourth-order valence-electron chi connectivity index (χ4n) is 3.54. The Morgan fingerprint density at radius 2 is 1.97 bits per heavy atom. The smallest absolute Gasteiger partial charge is 0.408 e. The summed E-state index contributed by atoms with van der Waals surface area (Å²) in [7, 11) is 3.73. The van der Waals surface area contributed by atoms with Crippen molar-refractivity contribution >= 4 is 34.5 Å². The van der Waals surface area contributed by atoms with Gasteiger partial charge in [0.25, 0.3) is 0 Å². The maximum atomic E-state index is 12.6. The first kappa shape index (κ1) is 19.0. The van der Waals surface area contributed by atoms with Gasteiger partial charge in [0.15, 0.2) is 11.4 Å². The summed E-state index contributed by atoms with van der Waals surface area (Å²) in [6, 6.07) is 7.01. The third kappa shape index (κ3) is 3.94. The normalized spacial score (nSPS) is 14.2. The molecule has 0 saturated carbocycles. The van der Waals surface area contributed by atoms with Crippen LogP contribution in [0.15, 0.2) is 39.7 Å². The second-order valence-corrected chi connectivity index (χ2v) is 7.32. The van der Waals surface area contributed by atoms with Crippen molar-refractivity contribution in [3.63, 3.8) is 0 Å². The summed E-state index contributed by atoms with van der Waals surface area (Å²) in [4.78, 5) is 37.8. The van der Waals surface area contributed by atoms with Crippen LogP contribution in [-0.4, -0.2) is 47.6 Å². The fraction of sp³-hybridized carbons (Fsp3) is 0.400. The van der Waals surface area contributed by atoms with Crippen LogP contribution in [0.4, 0.5) is 17.5 Å². The molecule has 0 atom stereocenters. The highest BCUT2D eigenvalue weighted by Crippen LogP contribution is 2.25. The Labute approximate surface area is 168 Å². The zero-order chi connectivity index (χ0) is 20.4. The highest BCUT2D eigenvalue weighted by molar-refractivity contribution is 5.94. The largest absolute Gasteiger partial charge is 0.420 e. The minimum absolute atomic E-state index is 0.156. The SMILES string of the molecule is CN(C)c1nc(N2CCCCC2)ncc1NC(=O)Cn1c(=O)oc2ccccc21. The first-order valence-electron chi connectivity index (χ1n) is 9.70. The van der Waals surface area contributed by atoms with Gasteiger partial charge in [-0.1, -0.05) is 12.1 Å². The first-order chi connectivity index (χ1) is 14.0. The summed E-state index contributed by atoms with van der Waals surface area (Å²) in [6.45, 7) is 1.72. The molecule has 0 unspecified atom stereocenters. The number of nitrogens with zero attached hydrogens (tertiary/aromatic N) is 5. The highest BCUT2D eigenvalue weighted by Gasteiger charge is 2.19. The van der Waals surface area contributed by atoms with Gasteiger partial charge in [-0.15, -0.1) is 0 Å². The summed E-state index contributed by atoms with van der Waals surface area (Å²) in [5.74, 6) is 0.378. The Bertz CT molecular complexity index is 1080. The quantitative estimate of drug-likeness (QED) is 0.705. The second-order valence-electron chi connectivity index (χ2n) is 7.32. The standard InChI is InChI=1S/C20H24N6O3/c1-24(2)18-14(12-21-19(23-18)25-10-6-3-7-11-25)22-17(27)13-26-15-8-4-5-9-16(15)29-20(26)28/h4-5,8-9,12H,3,6-7,10-11,13H2,1-2H3,(H,22,27). The minimum atomic E-state index is -0.564. The minimum Gasteiger partial charge on any atom is -0.408 e. The number of piperidine rings is 1. The predicted octanol–water partition coefficient (Wildman–Crippen LogP) is 2.08. The Kier molecular flexibility index (Phi) is 5.20. The van der Waals surface area contributed by atoms with Crippen LogP contribution in [0.2, 0.25) is 0 Å². The summed E-state index contributed by atoms with van der Waals surface area (Å²) < 4.78 is 6.49. The number of fused-ring (bicyclic) bond motifs is 1. The monoisotopic (exact) mass is 396 g/mol. The molecule has 0 spiro atoms. The third-order valence-electron chi connectivity index (χ3n) is 4.97. The molecule has 4 rings (SSSR count). The van der Waals surface area contributed by atoms with E-state index in [1.54, 1.807) is 30.5 Å². The lowest BCUT2D eigenvalue weighted by atomic mass is 10.1. The molecular formula is C20H24N6O3. The lowest BCUT2D eigenvalue weighted by Gasteiger charge is -2.28. The highest BCUT2D eigenvalue weighted by atomic mass is 16.4. The zero-order valence-corrected chi connectivity index (χ0v) is 16.6. The molecule has 2 aromatic heterocycles. The molecule has 1 aliphatic rings. The van der Waals surface area contributed by atoms with E-state index in [0.717, 1.165) is 25.9 Å². The number of benzene rings is 1. The average Bonchev–Trinajstić information content (AvgIpc) is 3.04. The number of carbonyl (C=O) groups excluding carboxylic acids is 1. The van der Waals surface area contributed by atoms with Crippen molar-refractivity contribution < 1.29 is 9.21 Å². The van der Waals surface area contributed by atoms with Crippen LogP contribution < -0.4 is 20.9 Å². The molecule has 0 aliphatic carbocycles. The van der Waals surface area contributed by atoms with Crippen LogP contribution in [0.1, 0.15) is 19.3 Å².